The van der Waals surface area contributed by atoms with Crippen molar-refractivity contribution in [3.8, 4) is 17.1 Å². The molecule has 1 aliphatic heterocycles. The number of nitrogens with zero attached hydrogens (tertiary/aromatic N) is 5. The topological polar surface area (TPSA) is 56.1 Å². The highest BCUT2D eigenvalue weighted by Gasteiger charge is 2.23. The van der Waals surface area contributed by atoms with Gasteiger partial charge in [0.15, 0.2) is 11.6 Å². The molecule has 3 heterocycles. The molecule has 1 aromatic carbocycles. The first-order valence-electron chi connectivity index (χ1n) is 9.12. The molecule has 0 saturated carbocycles. The van der Waals surface area contributed by atoms with Gasteiger partial charge >= 0.3 is 0 Å². The van der Waals surface area contributed by atoms with E-state index in [0.717, 1.165) is 37.3 Å². The Balaban J connectivity index is 1.59. The number of halogens is 1. The molecule has 0 radical (unpaired) electrons. The predicted molar refractivity (Wildman–Crippen MR) is 99.8 cm³/mol. The van der Waals surface area contributed by atoms with Crippen molar-refractivity contribution < 1.29 is 9.13 Å². The Bertz CT molecular complexity index is 890. The first kappa shape index (κ1) is 17.6. The van der Waals surface area contributed by atoms with Crippen LogP contribution in [0.4, 0.5) is 4.39 Å². The molecule has 7 heteroatoms. The molecule has 0 bridgehead atoms. The predicted octanol–water partition coefficient (Wildman–Crippen LogP) is 3.32. The van der Waals surface area contributed by atoms with Crippen molar-refractivity contribution in [2.45, 2.75) is 25.5 Å². The van der Waals surface area contributed by atoms with Crippen molar-refractivity contribution in [1.29, 1.82) is 0 Å². The zero-order valence-electron chi connectivity index (χ0n) is 15.3. The number of piperidine rings is 1. The zero-order chi connectivity index (χ0) is 18.6. The molecule has 0 aliphatic carbocycles. The van der Waals surface area contributed by atoms with E-state index < -0.39 is 0 Å². The average Bonchev–Trinajstić information content (AvgIpc) is 3.12. The van der Waals surface area contributed by atoms with Crippen molar-refractivity contribution in [2.24, 2.45) is 0 Å². The molecule has 140 valence electrons. The van der Waals surface area contributed by atoms with Gasteiger partial charge in [0.2, 0.25) is 0 Å². The first-order valence-corrected chi connectivity index (χ1v) is 9.12. The normalized spacial score (nSPS) is 15.8. The van der Waals surface area contributed by atoms with Gasteiger partial charge in [0.1, 0.15) is 18.2 Å². The number of likely N-dealkylation sites (tertiary alicyclic amines) is 1. The van der Waals surface area contributed by atoms with Gasteiger partial charge in [-0.1, -0.05) is 6.07 Å². The lowest BCUT2D eigenvalue weighted by Gasteiger charge is -2.29. The molecule has 3 aromatic rings. The van der Waals surface area contributed by atoms with Crippen LogP contribution in [0.3, 0.4) is 0 Å². The number of pyridine rings is 1. The molecule has 1 saturated heterocycles. The minimum atomic E-state index is -0.324. The lowest BCUT2D eigenvalue weighted by atomic mass is 10.1. The third-order valence-electron chi connectivity index (χ3n) is 4.81. The van der Waals surface area contributed by atoms with Gasteiger partial charge in [-0.3, -0.25) is 4.98 Å². The number of ether oxygens (including phenoxy) is 1. The molecular formula is C20H22FN5O. The Labute approximate surface area is 157 Å². The zero-order valence-corrected chi connectivity index (χ0v) is 15.3. The van der Waals surface area contributed by atoms with Crippen molar-refractivity contribution in [3.63, 3.8) is 0 Å². The van der Waals surface area contributed by atoms with Crippen LogP contribution in [-0.2, 0) is 6.61 Å². The van der Waals surface area contributed by atoms with Gasteiger partial charge in [0, 0.05) is 24.0 Å². The standard InChI is InChI=1S/C20H22FN5O/c1-25-11-7-17(8-12-25)26-20(15-5-9-22-10-6-15)23-19(24-26)14-27-18-4-2-3-16(21)13-18/h2-6,9-10,13,17H,7-8,11-12,14H2,1H3. The summed E-state index contributed by atoms with van der Waals surface area (Å²) >= 11 is 0. The highest BCUT2D eigenvalue weighted by Crippen LogP contribution is 2.27. The molecule has 2 aromatic heterocycles. The minimum absolute atomic E-state index is 0.196. The van der Waals surface area contributed by atoms with Gasteiger partial charge in [-0.05, 0) is 57.2 Å². The SMILES string of the molecule is CN1CCC(n2nc(COc3cccc(F)c3)nc2-c2ccncc2)CC1. The summed E-state index contributed by atoms with van der Waals surface area (Å²) in [6.07, 6.45) is 5.57. The molecule has 4 rings (SSSR count). The quantitative estimate of drug-likeness (QED) is 0.692. The van der Waals surface area contributed by atoms with E-state index in [1.54, 1.807) is 24.5 Å². The molecule has 1 aliphatic rings. The number of benzene rings is 1. The van der Waals surface area contributed by atoms with Crippen molar-refractivity contribution in [3.05, 3.63) is 60.4 Å². The van der Waals surface area contributed by atoms with Gasteiger partial charge < -0.3 is 9.64 Å². The van der Waals surface area contributed by atoms with Gasteiger partial charge in [-0.25, -0.2) is 14.1 Å². The van der Waals surface area contributed by atoms with Crippen LogP contribution in [-0.4, -0.2) is 44.8 Å². The summed E-state index contributed by atoms with van der Waals surface area (Å²) in [5.41, 5.74) is 0.980. The minimum Gasteiger partial charge on any atom is -0.485 e. The van der Waals surface area contributed by atoms with Crippen LogP contribution in [0.25, 0.3) is 11.4 Å². The molecule has 0 N–H and O–H groups in total. The summed E-state index contributed by atoms with van der Waals surface area (Å²) in [5.74, 6) is 1.56. The summed E-state index contributed by atoms with van der Waals surface area (Å²) in [6.45, 7) is 2.27. The largest absolute Gasteiger partial charge is 0.485 e. The maximum Gasteiger partial charge on any atom is 0.188 e. The highest BCUT2D eigenvalue weighted by molar-refractivity contribution is 5.54. The molecule has 0 unspecified atom stereocenters. The number of hydrogen-bond acceptors (Lipinski definition) is 5. The Morgan fingerprint density at radius 3 is 2.67 bits per heavy atom. The Hall–Kier alpha value is -2.80. The average molecular weight is 367 g/mol. The smallest absolute Gasteiger partial charge is 0.188 e. The van der Waals surface area contributed by atoms with Crippen LogP contribution in [0, 0.1) is 5.82 Å². The van der Waals surface area contributed by atoms with E-state index in [1.165, 1.54) is 12.1 Å². The number of aromatic nitrogens is 4. The molecule has 0 atom stereocenters. The van der Waals surface area contributed by atoms with E-state index in [9.17, 15) is 4.39 Å². The summed E-state index contributed by atoms with van der Waals surface area (Å²) in [4.78, 5) is 11.1. The third-order valence-corrected chi connectivity index (χ3v) is 4.81. The van der Waals surface area contributed by atoms with Crippen LogP contribution in [0.2, 0.25) is 0 Å². The Kier molecular flexibility index (Phi) is 5.11. The second-order valence-electron chi connectivity index (χ2n) is 6.81. The van der Waals surface area contributed by atoms with Gasteiger partial charge in [0.05, 0.1) is 6.04 Å². The van der Waals surface area contributed by atoms with E-state index in [1.807, 2.05) is 16.8 Å². The summed E-state index contributed by atoms with van der Waals surface area (Å²) in [5, 5.41) is 4.72. The van der Waals surface area contributed by atoms with E-state index in [-0.39, 0.29) is 12.4 Å². The van der Waals surface area contributed by atoms with E-state index in [0.29, 0.717) is 17.6 Å². The van der Waals surface area contributed by atoms with Crippen LogP contribution in [0.1, 0.15) is 24.7 Å². The van der Waals surface area contributed by atoms with E-state index in [2.05, 4.69) is 16.9 Å². The Morgan fingerprint density at radius 2 is 1.93 bits per heavy atom. The monoisotopic (exact) mass is 367 g/mol. The van der Waals surface area contributed by atoms with Crippen molar-refractivity contribution in [2.75, 3.05) is 20.1 Å². The van der Waals surface area contributed by atoms with E-state index >= 15 is 0 Å². The van der Waals surface area contributed by atoms with E-state index in [4.69, 9.17) is 14.8 Å². The third kappa shape index (κ3) is 4.14. The maximum absolute atomic E-state index is 13.3. The summed E-state index contributed by atoms with van der Waals surface area (Å²) < 4.78 is 21.0. The van der Waals surface area contributed by atoms with Crippen LogP contribution < -0.4 is 4.74 Å². The summed E-state index contributed by atoms with van der Waals surface area (Å²) in [7, 11) is 2.14. The van der Waals surface area contributed by atoms with Crippen LogP contribution in [0.15, 0.2) is 48.8 Å². The lowest BCUT2D eigenvalue weighted by Crippen LogP contribution is -2.32. The fourth-order valence-electron chi connectivity index (χ4n) is 3.33. The van der Waals surface area contributed by atoms with Crippen molar-refractivity contribution >= 4 is 0 Å². The number of hydrogen-bond donors (Lipinski definition) is 0. The van der Waals surface area contributed by atoms with Crippen LogP contribution in [0.5, 0.6) is 5.75 Å². The molecular weight excluding hydrogens is 345 g/mol. The second-order valence-corrected chi connectivity index (χ2v) is 6.81. The highest BCUT2D eigenvalue weighted by atomic mass is 19.1. The molecule has 27 heavy (non-hydrogen) atoms. The van der Waals surface area contributed by atoms with Gasteiger partial charge in [-0.15, -0.1) is 0 Å². The first-order chi connectivity index (χ1) is 13.2. The second kappa shape index (κ2) is 7.84. The molecule has 0 spiro atoms. The van der Waals surface area contributed by atoms with Gasteiger partial charge in [0.25, 0.3) is 0 Å². The van der Waals surface area contributed by atoms with Crippen LogP contribution >= 0.6 is 0 Å². The van der Waals surface area contributed by atoms with Gasteiger partial charge in [-0.2, -0.15) is 5.10 Å². The maximum atomic E-state index is 13.3. The Morgan fingerprint density at radius 1 is 1.15 bits per heavy atom. The molecule has 0 amide bonds. The molecule has 6 nitrogen and oxygen atoms in total. The summed E-state index contributed by atoms with van der Waals surface area (Å²) in [6, 6.07) is 10.3. The fourth-order valence-corrected chi connectivity index (χ4v) is 3.33. The fraction of sp³-hybridized carbons (Fsp3) is 0.350. The van der Waals surface area contributed by atoms with Crippen molar-refractivity contribution in [1.82, 2.24) is 24.6 Å². The molecule has 1 fully saturated rings. The lowest BCUT2D eigenvalue weighted by molar-refractivity contribution is 0.211. The number of rotatable bonds is 5.